The van der Waals surface area contributed by atoms with Crippen molar-refractivity contribution in [3.8, 4) is 0 Å². The lowest BCUT2D eigenvalue weighted by molar-refractivity contribution is -0.152. The normalized spacial score (nSPS) is 28.6. The largest absolute Gasteiger partial charge is 0.480 e. The summed E-state index contributed by atoms with van der Waals surface area (Å²) < 4.78 is 16.4. The highest BCUT2D eigenvalue weighted by atomic mass is 32.2. The smallest absolute Gasteiger partial charge is 0.351 e. The van der Waals surface area contributed by atoms with E-state index < -0.39 is 53.2 Å². The Balaban J connectivity index is 1.80. The van der Waals surface area contributed by atoms with Gasteiger partial charge in [0.15, 0.2) is 5.92 Å². The molecule has 4 unspecified atom stereocenters. The lowest BCUT2D eigenvalue weighted by atomic mass is 9.97. The highest BCUT2D eigenvalue weighted by Crippen LogP contribution is 2.64. The lowest BCUT2D eigenvalue weighted by Gasteiger charge is -2.45. The third-order valence-electron chi connectivity index (χ3n) is 4.90. The third kappa shape index (κ3) is 3.34. The van der Waals surface area contributed by atoms with Crippen LogP contribution >= 0.6 is 19.4 Å². The van der Waals surface area contributed by atoms with Gasteiger partial charge in [-0.3, -0.25) is 18.9 Å². The Bertz CT molecular complexity index is 862. The van der Waals surface area contributed by atoms with Crippen LogP contribution in [0.3, 0.4) is 0 Å². The maximum Gasteiger partial charge on any atom is 0.351 e. The summed E-state index contributed by atoms with van der Waals surface area (Å²) in [7, 11) is -2.98. The van der Waals surface area contributed by atoms with E-state index in [1.165, 1.54) is 28.8 Å². The fraction of sp³-hybridized carbons (Fsp3) is 0.471. The van der Waals surface area contributed by atoms with Crippen LogP contribution in [0.5, 0.6) is 0 Å². The molecule has 0 saturated carbocycles. The second-order valence-electron chi connectivity index (χ2n) is 7.15. The van der Waals surface area contributed by atoms with Crippen molar-refractivity contribution < 1.29 is 33.5 Å². The molecule has 2 aliphatic heterocycles. The SMILES string of the molecule is COP(=O)(O)C1N2C(=O)C(NC(=O)C(C(=O)O)c3ccccc3)[C@@H]2SC1(C)C. The van der Waals surface area contributed by atoms with Crippen LogP contribution in [0.2, 0.25) is 0 Å². The number of carboxylic acid groups (broad SMARTS) is 1. The number of amides is 2. The molecule has 3 N–H and O–H groups in total. The Morgan fingerprint density at radius 2 is 1.93 bits per heavy atom. The monoisotopic (exact) mass is 428 g/mol. The van der Waals surface area contributed by atoms with Gasteiger partial charge in [0.2, 0.25) is 11.8 Å². The first-order valence-corrected chi connectivity index (χ1v) is 11.0. The van der Waals surface area contributed by atoms with Crippen molar-refractivity contribution in [2.75, 3.05) is 7.11 Å². The van der Waals surface area contributed by atoms with Gasteiger partial charge in [-0.25, -0.2) is 0 Å². The standard InChI is InChI=1S/C17H21N2O7PS/c1-17(2)16(27(24,25)26-3)19-13(21)11(14(19)28-17)18-12(20)10(15(22)23)9-7-5-4-6-8-9/h4-8,10-11,14,16H,1-3H3,(H,18,20)(H,22,23)(H,24,25)/t10?,11?,14-,16?/m0/s1. The number of carbonyl (C=O) groups is 3. The second-order valence-corrected chi connectivity index (χ2v) is 10.9. The molecule has 3 rings (SSSR count). The fourth-order valence-corrected chi connectivity index (χ4v) is 7.40. The summed E-state index contributed by atoms with van der Waals surface area (Å²) in [5, 5.41) is 11.4. The quantitative estimate of drug-likeness (QED) is 0.350. The number of nitrogens with zero attached hydrogens (tertiary/aromatic N) is 1. The number of nitrogens with one attached hydrogen (secondary N) is 1. The summed E-state index contributed by atoms with van der Waals surface area (Å²) in [4.78, 5) is 48.3. The summed E-state index contributed by atoms with van der Waals surface area (Å²) in [6, 6.07) is 7.03. The maximum atomic E-state index is 12.6. The number of aliphatic carboxylic acids is 1. The molecule has 1 aromatic carbocycles. The van der Waals surface area contributed by atoms with E-state index in [1.54, 1.807) is 32.0 Å². The van der Waals surface area contributed by atoms with Crippen molar-refractivity contribution in [2.24, 2.45) is 0 Å². The summed E-state index contributed by atoms with van der Waals surface area (Å²) in [5.74, 6) is -5.18. The minimum absolute atomic E-state index is 0.299. The average Bonchev–Trinajstić information content (AvgIpc) is 2.89. The van der Waals surface area contributed by atoms with Crippen LogP contribution in [0.1, 0.15) is 25.3 Å². The van der Waals surface area contributed by atoms with Gasteiger partial charge in [0.1, 0.15) is 17.2 Å². The van der Waals surface area contributed by atoms with Gasteiger partial charge in [0.25, 0.3) is 0 Å². The molecular weight excluding hydrogens is 407 g/mol. The van der Waals surface area contributed by atoms with Gasteiger partial charge in [-0.05, 0) is 19.4 Å². The zero-order valence-electron chi connectivity index (χ0n) is 15.4. The predicted molar refractivity (Wildman–Crippen MR) is 102 cm³/mol. The summed E-state index contributed by atoms with van der Waals surface area (Å²) in [6.07, 6.45) is 0. The molecule has 28 heavy (non-hydrogen) atoms. The number of hydrogen-bond acceptors (Lipinski definition) is 6. The Hall–Kier alpha value is -1.87. The van der Waals surface area contributed by atoms with E-state index in [4.69, 9.17) is 4.52 Å². The van der Waals surface area contributed by atoms with Crippen LogP contribution in [0.15, 0.2) is 30.3 Å². The topological polar surface area (TPSA) is 133 Å². The molecule has 0 spiro atoms. The zero-order valence-corrected chi connectivity index (χ0v) is 17.1. The molecular formula is C17H21N2O7PS. The summed E-state index contributed by atoms with van der Waals surface area (Å²) in [5.41, 5.74) is 0.299. The molecule has 0 aromatic heterocycles. The predicted octanol–water partition coefficient (Wildman–Crippen LogP) is 1.19. The van der Waals surface area contributed by atoms with Gasteiger partial charge in [-0.1, -0.05) is 30.3 Å². The Morgan fingerprint density at radius 1 is 1.32 bits per heavy atom. The molecule has 9 nitrogen and oxygen atoms in total. The van der Waals surface area contributed by atoms with Crippen molar-refractivity contribution >= 4 is 37.1 Å². The van der Waals surface area contributed by atoms with Crippen molar-refractivity contribution in [3.05, 3.63) is 35.9 Å². The van der Waals surface area contributed by atoms with Gasteiger partial charge >= 0.3 is 13.6 Å². The third-order valence-corrected chi connectivity index (χ3v) is 8.68. The van der Waals surface area contributed by atoms with Crippen LogP contribution in [0.25, 0.3) is 0 Å². The molecule has 0 bridgehead atoms. The maximum absolute atomic E-state index is 12.6. The molecule has 2 amide bonds. The number of β-lactam (4-membered cyclic amide) rings is 1. The summed E-state index contributed by atoms with van der Waals surface area (Å²) in [6.45, 7) is 3.44. The van der Waals surface area contributed by atoms with E-state index in [0.29, 0.717) is 5.56 Å². The number of carboxylic acids is 1. The highest BCUT2D eigenvalue weighted by molar-refractivity contribution is 8.02. The van der Waals surface area contributed by atoms with Gasteiger partial charge in [-0.2, -0.15) is 0 Å². The van der Waals surface area contributed by atoms with Gasteiger partial charge in [-0.15, -0.1) is 11.8 Å². The van der Waals surface area contributed by atoms with Crippen molar-refractivity contribution in [1.29, 1.82) is 0 Å². The Morgan fingerprint density at radius 3 is 2.46 bits per heavy atom. The van der Waals surface area contributed by atoms with Gasteiger partial charge in [0.05, 0.1) is 0 Å². The summed E-state index contributed by atoms with van der Waals surface area (Å²) >= 11 is 1.27. The van der Waals surface area contributed by atoms with E-state index >= 15 is 0 Å². The van der Waals surface area contributed by atoms with E-state index in [2.05, 4.69) is 5.32 Å². The number of benzene rings is 1. The molecule has 0 aliphatic carbocycles. The second kappa shape index (κ2) is 7.18. The molecule has 152 valence electrons. The average molecular weight is 428 g/mol. The Labute approximate surface area is 166 Å². The van der Waals surface area contributed by atoms with Crippen molar-refractivity contribution in [1.82, 2.24) is 10.2 Å². The molecule has 2 heterocycles. The lowest BCUT2D eigenvalue weighted by Crippen LogP contribution is -2.69. The van der Waals surface area contributed by atoms with Gasteiger partial charge in [0, 0.05) is 11.9 Å². The molecule has 5 atom stereocenters. The zero-order chi connectivity index (χ0) is 20.9. The number of thioether (sulfide) groups is 1. The molecule has 2 saturated heterocycles. The number of carbonyl (C=O) groups excluding carboxylic acids is 2. The minimum atomic E-state index is -4.09. The van der Waals surface area contributed by atoms with Crippen LogP contribution in [-0.2, 0) is 23.5 Å². The van der Waals surface area contributed by atoms with E-state index in [0.717, 1.165) is 7.11 Å². The molecule has 0 radical (unpaired) electrons. The fourth-order valence-electron chi connectivity index (χ4n) is 3.65. The number of fused-ring (bicyclic) bond motifs is 1. The number of hydrogen-bond donors (Lipinski definition) is 3. The highest BCUT2D eigenvalue weighted by Gasteiger charge is 2.67. The molecule has 2 aliphatic rings. The van der Waals surface area contributed by atoms with Crippen molar-refractivity contribution in [2.45, 2.75) is 41.7 Å². The van der Waals surface area contributed by atoms with Crippen LogP contribution in [0, 0.1) is 0 Å². The van der Waals surface area contributed by atoms with Crippen LogP contribution in [0.4, 0.5) is 0 Å². The molecule has 11 heteroatoms. The van der Waals surface area contributed by atoms with Crippen LogP contribution in [-0.4, -0.2) is 61.7 Å². The van der Waals surface area contributed by atoms with E-state index in [-0.39, 0.29) is 0 Å². The van der Waals surface area contributed by atoms with E-state index in [1.807, 2.05) is 0 Å². The Kier molecular flexibility index (Phi) is 5.35. The minimum Gasteiger partial charge on any atom is -0.480 e. The first-order valence-electron chi connectivity index (χ1n) is 8.47. The molecule has 2 fully saturated rings. The number of rotatable bonds is 6. The van der Waals surface area contributed by atoms with Crippen molar-refractivity contribution in [3.63, 3.8) is 0 Å². The molecule has 1 aromatic rings. The first-order chi connectivity index (χ1) is 13.0. The van der Waals surface area contributed by atoms with Crippen LogP contribution < -0.4 is 5.32 Å². The van der Waals surface area contributed by atoms with Gasteiger partial charge < -0.3 is 24.7 Å². The van der Waals surface area contributed by atoms with E-state index in [9.17, 15) is 28.9 Å². The first kappa shape index (κ1) is 20.9.